The number of halogens is 1. The average Bonchev–Trinajstić information content (AvgIpc) is 3.49. The normalized spacial score (nSPS) is 15.5. The first kappa shape index (κ1) is 25.4. The highest BCUT2D eigenvalue weighted by atomic mass is 19.1. The fourth-order valence-corrected chi connectivity index (χ4v) is 4.01. The lowest BCUT2D eigenvalue weighted by Gasteiger charge is -2.29. The van der Waals surface area contributed by atoms with E-state index >= 15 is 0 Å². The van der Waals surface area contributed by atoms with Gasteiger partial charge in [0.05, 0.1) is 11.8 Å². The van der Waals surface area contributed by atoms with Gasteiger partial charge >= 0.3 is 6.03 Å². The average molecular weight is 494 g/mol. The molecule has 1 aromatic heterocycles. The molecule has 190 valence electrons. The molecule has 1 saturated heterocycles. The van der Waals surface area contributed by atoms with Crippen LogP contribution in [0.15, 0.2) is 60.8 Å². The maximum absolute atomic E-state index is 13.5. The first-order valence-corrected chi connectivity index (χ1v) is 12.1. The van der Waals surface area contributed by atoms with Gasteiger partial charge in [0.1, 0.15) is 12.4 Å². The number of rotatable bonds is 7. The van der Waals surface area contributed by atoms with Crippen molar-refractivity contribution in [2.24, 2.45) is 0 Å². The molecule has 3 aromatic rings. The minimum atomic E-state index is -0.453. The largest absolute Gasteiger partial charge is 0.376 e. The number of carbonyl (C=O) groups excluding carboxylic acids is 2. The van der Waals surface area contributed by atoms with E-state index in [1.54, 1.807) is 22.9 Å². The molecule has 2 aromatic carbocycles. The Morgan fingerprint density at radius 3 is 2.50 bits per heavy atom. The van der Waals surface area contributed by atoms with Gasteiger partial charge in [-0.2, -0.15) is 0 Å². The minimum absolute atomic E-state index is 0.102. The molecule has 36 heavy (non-hydrogen) atoms. The molecule has 4 rings (SSSR count). The number of amides is 3. The topological polar surface area (TPSA) is 88.5 Å². The van der Waals surface area contributed by atoms with E-state index in [-0.39, 0.29) is 30.4 Å². The van der Waals surface area contributed by atoms with Crippen LogP contribution in [0.1, 0.15) is 33.6 Å². The Labute approximate surface area is 210 Å². The number of hydrogen-bond donors (Lipinski definition) is 2. The molecule has 1 aliphatic rings. The van der Waals surface area contributed by atoms with Crippen molar-refractivity contribution in [3.05, 3.63) is 66.6 Å². The summed E-state index contributed by atoms with van der Waals surface area (Å²) in [5.74, 6) is -0.480. The summed E-state index contributed by atoms with van der Waals surface area (Å²) in [5.41, 5.74) is 1.71. The summed E-state index contributed by atoms with van der Waals surface area (Å²) in [6.07, 6.45) is 3.46. The standard InChI is InChI=1S/C27H32FN5O3/c1-27(2,3)31-26(35)32(16-22-10-7-15-36-22)18-24(34)30-25-29-23(19-8-5-4-6-9-19)17-33(25)21-13-11-20(28)12-14-21/h4-6,8-9,11-14,17,22H,7,10,15-16,18H2,1-3H3,(H,31,35)(H,29,30,34). The molecule has 0 aliphatic carbocycles. The van der Waals surface area contributed by atoms with Crippen molar-refractivity contribution >= 4 is 17.9 Å². The lowest BCUT2D eigenvalue weighted by molar-refractivity contribution is -0.117. The molecule has 0 saturated carbocycles. The molecule has 2 N–H and O–H groups in total. The Bertz CT molecular complexity index is 1180. The van der Waals surface area contributed by atoms with Gasteiger partial charge in [-0.3, -0.25) is 14.7 Å². The summed E-state index contributed by atoms with van der Waals surface area (Å²) in [7, 11) is 0. The van der Waals surface area contributed by atoms with E-state index in [9.17, 15) is 14.0 Å². The number of imidazole rings is 1. The molecule has 1 unspecified atom stereocenters. The third kappa shape index (κ3) is 6.69. The number of carbonyl (C=O) groups is 2. The van der Waals surface area contributed by atoms with E-state index in [2.05, 4.69) is 15.6 Å². The van der Waals surface area contributed by atoms with Crippen LogP contribution in [0.5, 0.6) is 0 Å². The van der Waals surface area contributed by atoms with Gasteiger partial charge in [-0.1, -0.05) is 30.3 Å². The van der Waals surface area contributed by atoms with Gasteiger partial charge in [0.25, 0.3) is 0 Å². The van der Waals surface area contributed by atoms with Gasteiger partial charge in [-0.15, -0.1) is 0 Å². The van der Waals surface area contributed by atoms with Crippen LogP contribution in [0.4, 0.5) is 15.1 Å². The lowest BCUT2D eigenvalue weighted by atomic mass is 10.1. The maximum Gasteiger partial charge on any atom is 0.318 e. The highest BCUT2D eigenvalue weighted by Crippen LogP contribution is 2.24. The second-order valence-electron chi connectivity index (χ2n) is 9.91. The van der Waals surface area contributed by atoms with Crippen molar-refractivity contribution in [3.8, 4) is 16.9 Å². The Kier molecular flexibility index (Phi) is 7.69. The predicted molar refractivity (Wildman–Crippen MR) is 136 cm³/mol. The van der Waals surface area contributed by atoms with Crippen molar-refractivity contribution in [1.82, 2.24) is 19.8 Å². The number of benzene rings is 2. The minimum Gasteiger partial charge on any atom is -0.376 e. The third-order valence-corrected chi connectivity index (χ3v) is 5.68. The van der Waals surface area contributed by atoms with Crippen LogP contribution in [0, 0.1) is 5.82 Å². The van der Waals surface area contributed by atoms with Crippen LogP contribution in [-0.2, 0) is 9.53 Å². The SMILES string of the molecule is CC(C)(C)NC(=O)N(CC(=O)Nc1nc(-c2ccccc2)cn1-c1ccc(F)cc1)CC1CCCO1. The van der Waals surface area contributed by atoms with E-state index in [1.807, 2.05) is 51.1 Å². The number of anilines is 1. The van der Waals surface area contributed by atoms with Crippen LogP contribution in [0.2, 0.25) is 0 Å². The molecule has 9 heteroatoms. The van der Waals surface area contributed by atoms with Gasteiger partial charge in [0.15, 0.2) is 0 Å². The number of nitrogens with zero attached hydrogens (tertiary/aromatic N) is 3. The van der Waals surface area contributed by atoms with Gasteiger partial charge in [-0.25, -0.2) is 14.2 Å². The molecule has 1 atom stereocenters. The van der Waals surface area contributed by atoms with Crippen LogP contribution >= 0.6 is 0 Å². The van der Waals surface area contributed by atoms with Gasteiger partial charge in [0, 0.05) is 36.1 Å². The van der Waals surface area contributed by atoms with Gasteiger partial charge in [0.2, 0.25) is 11.9 Å². The number of aromatic nitrogens is 2. The first-order chi connectivity index (χ1) is 17.2. The molecular weight excluding hydrogens is 461 g/mol. The van der Waals surface area contributed by atoms with E-state index in [4.69, 9.17) is 4.74 Å². The molecule has 8 nitrogen and oxygen atoms in total. The molecule has 1 fully saturated rings. The fourth-order valence-electron chi connectivity index (χ4n) is 4.01. The smallest absolute Gasteiger partial charge is 0.318 e. The Morgan fingerprint density at radius 2 is 1.86 bits per heavy atom. The maximum atomic E-state index is 13.5. The van der Waals surface area contributed by atoms with Crippen molar-refractivity contribution in [1.29, 1.82) is 0 Å². The Balaban J connectivity index is 1.57. The molecule has 0 bridgehead atoms. The van der Waals surface area contributed by atoms with E-state index < -0.39 is 11.4 Å². The summed E-state index contributed by atoms with van der Waals surface area (Å²) in [4.78, 5) is 32.2. The van der Waals surface area contributed by atoms with E-state index in [0.29, 0.717) is 24.5 Å². The summed E-state index contributed by atoms with van der Waals surface area (Å²) in [6.45, 7) is 6.47. The highest BCUT2D eigenvalue weighted by Gasteiger charge is 2.27. The van der Waals surface area contributed by atoms with Crippen molar-refractivity contribution in [2.75, 3.05) is 25.0 Å². The molecule has 0 spiro atoms. The molecule has 2 heterocycles. The quantitative estimate of drug-likeness (QED) is 0.503. The van der Waals surface area contributed by atoms with Crippen LogP contribution in [0.3, 0.4) is 0 Å². The predicted octanol–water partition coefficient (Wildman–Crippen LogP) is 4.61. The molecule has 1 aliphatic heterocycles. The number of hydrogen-bond acceptors (Lipinski definition) is 4. The Hall–Kier alpha value is -3.72. The second kappa shape index (κ2) is 10.9. The zero-order valence-electron chi connectivity index (χ0n) is 20.8. The van der Waals surface area contributed by atoms with E-state index in [0.717, 1.165) is 18.4 Å². The van der Waals surface area contributed by atoms with Crippen molar-refractivity contribution < 1.29 is 18.7 Å². The highest BCUT2D eigenvalue weighted by molar-refractivity contribution is 5.93. The zero-order chi connectivity index (χ0) is 25.7. The second-order valence-corrected chi connectivity index (χ2v) is 9.91. The summed E-state index contributed by atoms with van der Waals surface area (Å²) in [5, 5.41) is 5.77. The number of urea groups is 1. The summed E-state index contributed by atoms with van der Waals surface area (Å²) >= 11 is 0. The third-order valence-electron chi connectivity index (χ3n) is 5.68. The first-order valence-electron chi connectivity index (χ1n) is 12.1. The number of nitrogens with one attached hydrogen (secondary N) is 2. The van der Waals surface area contributed by atoms with Crippen LogP contribution in [-0.4, -0.2) is 57.7 Å². The number of ether oxygens (including phenoxy) is 1. The van der Waals surface area contributed by atoms with Crippen molar-refractivity contribution in [3.63, 3.8) is 0 Å². The zero-order valence-corrected chi connectivity index (χ0v) is 20.8. The van der Waals surface area contributed by atoms with E-state index in [1.165, 1.54) is 17.0 Å². The summed E-state index contributed by atoms with van der Waals surface area (Å²) in [6, 6.07) is 15.2. The monoisotopic (exact) mass is 493 g/mol. The fraction of sp³-hybridized carbons (Fsp3) is 0.370. The van der Waals surface area contributed by atoms with Crippen LogP contribution in [0.25, 0.3) is 16.9 Å². The lowest BCUT2D eigenvalue weighted by Crippen LogP contribution is -2.52. The molecular formula is C27H32FN5O3. The summed E-state index contributed by atoms with van der Waals surface area (Å²) < 4.78 is 20.9. The van der Waals surface area contributed by atoms with Crippen molar-refractivity contribution in [2.45, 2.75) is 45.3 Å². The molecule has 3 amide bonds. The van der Waals surface area contributed by atoms with Gasteiger partial charge < -0.3 is 15.0 Å². The Morgan fingerprint density at radius 1 is 1.14 bits per heavy atom. The molecule has 0 radical (unpaired) electrons. The van der Waals surface area contributed by atoms with Crippen LogP contribution < -0.4 is 10.6 Å². The van der Waals surface area contributed by atoms with Gasteiger partial charge in [-0.05, 0) is 57.9 Å².